The molecule has 5 fully saturated rings. The van der Waals surface area contributed by atoms with E-state index in [1.165, 1.54) is 38.5 Å². The third-order valence-corrected chi connectivity index (χ3v) is 9.09. The van der Waals surface area contributed by atoms with Crippen LogP contribution in [0.15, 0.2) is 30.3 Å². The topological polar surface area (TPSA) is 72.6 Å². The molecule has 4 bridgehead atoms. The lowest BCUT2D eigenvalue weighted by molar-refractivity contribution is -0.202. The van der Waals surface area contributed by atoms with Gasteiger partial charge < -0.3 is 15.4 Å². The number of esters is 1. The molecule has 1 saturated heterocycles. The molecule has 1 amide bonds. The van der Waals surface area contributed by atoms with E-state index in [4.69, 9.17) is 10.5 Å². The fourth-order valence-corrected chi connectivity index (χ4v) is 7.72. The summed E-state index contributed by atoms with van der Waals surface area (Å²) >= 11 is 0. The molecular weight excluding hydrogens is 400 g/mol. The van der Waals surface area contributed by atoms with E-state index in [0.29, 0.717) is 19.4 Å². The van der Waals surface area contributed by atoms with Crippen molar-refractivity contribution in [2.75, 3.05) is 6.54 Å². The number of hydrogen-bond acceptors (Lipinski definition) is 4. The number of carbonyl (C=O) groups is 2. The minimum absolute atomic E-state index is 0.106. The molecule has 4 aliphatic carbocycles. The number of likely N-dealkylation sites (tertiary alicyclic amines) is 1. The maximum atomic E-state index is 13.4. The first-order valence-corrected chi connectivity index (χ1v) is 12.6. The van der Waals surface area contributed by atoms with Gasteiger partial charge in [0.1, 0.15) is 11.6 Å². The van der Waals surface area contributed by atoms with Gasteiger partial charge in [0.15, 0.2) is 0 Å². The zero-order valence-corrected chi connectivity index (χ0v) is 19.6. The van der Waals surface area contributed by atoms with Crippen LogP contribution in [0.1, 0.15) is 70.8 Å². The van der Waals surface area contributed by atoms with Crippen molar-refractivity contribution in [3.05, 3.63) is 35.9 Å². The van der Waals surface area contributed by atoms with Crippen molar-refractivity contribution in [2.24, 2.45) is 28.9 Å². The summed E-state index contributed by atoms with van der Waals surface area (Å²) in [5.41, 5.74) is 6.92. The first-order valence-electron chi connectivity index (χ1n) is 12.6. The number of ether oxygens (including phenoxy) is 1. The van der Waals surface area contributed by atoms with Crippen LogP contribution in [0.2, 0.25) is 0 Å². The molecule has 4 saturated carbocycles. The van der Waals surface area contributed by atoms with E-state index in [0.717, 1.165) is 29.7 Å². The van der Waals surface area contributed by atoms with Crippen LogP contribution in [-0.2, 0) is 20.7 Å². The van der Waals surface area contributed by atoms with Gasteiger partial charge in [-0.25, -0.2) is 4.79 Å². The Kier molecular flexibility index (Phi) is 5.59. The third-order valence-electron chi connectivity index (χ3n) is 9.09. The van der Waals surface area contributed by atoms with Gasteiger partial charge in [-0.05, 0) is 95.0 Å². The van der Waals surface area contributed by atoms with Gasteiger partial charge in [0.2, 0.25) is 5.91 Å². The molecule has 0 spiro atoms. The molecule has 5 heteroatoms. The molecule has 32 heavy (non-hydrogen) atoms. The summed E-state index contributed by atoms with van der Waals surface area (Å²) in [4.78, 5) is 28.2. The van der Waals surface area contributed by atoms with Gasteiger partial charge in [0.25, 0.3) is 0 Å². The van der Waals surface area contributed by atoms with Crippen molar-refractivity contribution >= 4 is 11.9 Å². The van der Waals surface area contributed by atoms with Crippen molar-refractivity contribution < 1.29 is 14.3 Å². The normalized spacial score (nSPS) is 34.5. The van der Waals surface area contributed by atoms with Crippen LogP contribution in [0.3, 0.4) is 0 Å². The maximum Gasteiger partial charge on any atom is 0.329 e. The number of nitrogens with zero attached hydrogens (tertiary/aromatic N) is 1. The van der Waals surface area contributed by atoms with Gasteiger partial charge in [0, 0.05) is 12.0 Å². The third kappa shape index (κ3) is 3.87. The monoisotopic (exact) mass is 438 g/mol. The van der Waals surface area contributed by atoms with Gasteiger partial charge in [-0.1, -0.05) is 30.3 Å². The predicted octanol–water partition coefficient (Wildman–Crippen LogP) is 4.09. The summed E-state index contributed by atoms with van der Waals surface area (Å²) in [6.07, 6.45) is 9.64. The van der Waals surface area contributed by atoms with Crippen LogP contribution in [0.5, 0.6) is 0 Å². The summed E-state index contributed by atoms with van der Waals surface area (Å²) < 4.78 is 6.31. The fourth-order valence-electron chi connectivity index (χ4n) is 7.72. The zero-order chi connectivity index (χ0) is 22.5. The van der Waals surface area contributed by atoms with Gasteiger partial charge in [-0.2, -0.15) is 0 Å². The molecule has 5 nitrogen and oxygen atoms in total. The maximum absolute atomic E-state index is 13.4. The molecule has 0 radical (unpaired) electrons. The minimum Gasteiger partial charge on any atom is -0.458 e. The van der Waals surface area contributed by atoms with Crippen LogP contribution in [0.4, 0.5) is 0 Å². The van der Waals surface area contributed by atoms with E-state index < -0.39 is 17.7 Å². The highest BCUT2D eigenvalue weighted by Gasteiger charge is 2.59. The Morgan fingerprint density at radius 2 is 1.69 bits per heavy atom. The number of rotatable bonds is 6. The molecule has 1 aromatic carbocycles. The van der Waals surface area contributed by atoms with Crippen LogP contribution in [0, 0.1) is 23.2 Å². The van der Waals surface area contributed by atoms with Crippen LogP contribution >= 0.6 is 0 Å². The predicted molar refractivity (Wildman–Crippen MR) is 124 cm³/mol. The van der Waals surface area contributed by atoms with Crippen molar-refractivity contribution in [3.8, 4) is 0 Å². The zero-order valence-electron chi connectivity index (χ0n) is 19.6. The lowest BCUT2D eigenvalue weighted by Crippen LogP contribution is -2.58. The second-order valence-corrected chi connectivity index (χ2v) is 11.6. The van der Waals surface area contributed by atoms with E-state index >= 15 is 0 Å². The standard InChI is InChI=1S/C27H38N2O3/c1-26(2,27-15-19-11-20(16-27)13-21(12-19)17-27)32-25(31)23-9-6-10-29(23)24(30)22(28)14-18-7-4-3-5-8-18/h3-5,7-8,19-23H,6,9-17,28H2,1-2H3/t19?,20?,21?,22-,23-,27?/m0/s1. The van der Waals surface area contributed by atoms with Gasteiger partial charge in [-0.15, -0.1) is 0 Å². The summed E-state index contributed by atoms with van der Waals surface area (Å²) in [6, 6.07) is 8.69. The van der Waals surface area contributed by atoms with Gasteiger partial charge >= 0.3 is 5.97 Å². The molecule has 5 aliphatic rings. The lowest BCUT2D eigenvalue weighted by atomic mass is 9.46. The second-order valence-electron chi connectivity index (χ2n) is 11.6. The Labute approximate surface area is 192 Å². The van der Waals surface area contributed by atoms with Crippen molar-refractivity contribution in [1.82, 2.24) is 4.90 Å². The molecule has 2 atom stereocenters. The van der Waals surface area contributed by atoms with E-state index in [1.807, 2.05) is 30.3 Å². The van der Waals surface area contributed by atoms with Gasteiger partial charge in [0.05, 0.1) is 6.04 Å². The van der Waals surface area contributed by atoms with E-state index in [9.17, 15) is 9.59 Å². The molecule has 0 unspecified atom stereocenters. The number of hydrogen-bond donors (Lipinski definition) is 1. The number of nitrogens with two attached hydrogens (primary N) is 1. The Morgan fingerprint density at radius 1 is 1.09 bits per heavy atom. The average molecular weight is 439 g/mol. The Balaban J connectivity index is 1.26. The summed E-state index contributed by atoms with van der Waals surface area (Å²) in [5, 5.41) is 0. The van der Waals surface area contributed by atoms with Gasteiger partial charge in [-0.3, -0.25) is 4.79 Å². The molecule has 1 heterocycles. The van der Waals surface area contributed by atoms with Crippen molar-refractivity contribution in [3.63, 3.8) is 0 Å². The highest BCUT2D eigenvalue weighted by molar-refractivity contribution is 5.88. The Bertz CT molecular complexity index is 830. The first kappa shape index (κ1) is 21.9. The minimum atomic E-state index is -0.637. The first-order chi connectivity index (χ1) is 15.3. The molecule has 6 rings (SSSR count). The SMILES string of the molecule is CC(C)(OC(=O)[C@@H]1CCCN1C(=O)[C@@H](N)Cc1ccccc1)C12CC3CC(CC(C3)C1)C2. The number of amides is 1. The second kappa shape index (κ2) is 8.16. The molecule has 1 aliphatic heterocycles. The van der Waals surface area contributed by atoms with E-state index in [2.05, 4.69) is 13.8 Å². The summed E-state index contributed by atoms with van der Waals surface area (Å²) in [5.74, 6) is 2.05. The number of benzene rings is 1. The highest BCUT2D eigenvalue weighted by atomic mass is 16.6. The van der Waals surface area contributed by atoms with Crippen molar-refractivity contribution in [1.29, 1.82) is 0 Å². The molecule has 2 N–H and O–H groups in total. The Hall–Kier alpha value is -1.88. The fraction of sp³-hybridized carbons (Fsp3) is 0.704. The van der Waals surface area contributed by atoms with E-state index in [1.54, 1.807) is 4.90 Å². The van der Waals surface area contributed by atoms with Crippen LogP contribution < -0.4 is 5.73 Å². The molecular formula is C27H38N2O3. The van der Waals surface area contributed by atoms with Crippen LogP contribution in [0.25, 0.3) is 0 Å². The van der Waals surface area contributed by atoms with Crippen molar-refractivity contribution in [2.45, 2.75) is 89.3 Å². The Morgan fingerprint density at radius 3 is 2.28 bits per heavy atom. The molecule has 1 aromatic rings. The molecule has 0 aromatic heterocycles. The average Bonchev–Trinajstić information content (AvgIpc) is 3.22. The van der Waals surface area contributed by atoms with E-state index in [-0.39, 0.29) is 17.3 Å². The molecule has 174 valence electrons. The largest absolute Gasteiger partial charge is 0.458 e. The van der Waals surface area contributed by atoms with Crippen LogP contribution in [-0.4, -0.2) is 41.0 Å². The quantitative estimate of drug-likeness (QED) is 0.679. The smallest absolute Gasteiger partial charge is 0.329 e. The lowest BCUT2D eigenvalue weighted by Gasteiger charge is -2.61. The number of carbonyl (C=O) groups excluding carboxylic acids is 2. The summed E-state index contributed by atoms with van der Waals surface area (Å²) in [7, 11) is 0. The summed E-state index contributed by atoms with van der Waals surface area (Å²) in [6.45, 7) is 4.83. The highest BCUT2D eigenvalue weighted by Crippen LogP contribution is 2.64.